The number of benzene rings is 1. The molecule has 8 heteroatoms. The molecule has 0 radical (unpaired) electrons. The van der Waals surface area contributed by atoms with Crippen LogP contribution in [0, 0.1) is 5.82 Å². The highest BCUT2D eigenvalue weighted by molar-refractivity contribution is 6.29. The van der Waals surface area contributed by atoms with E-state index in [4.69, 9.17) is 22.1 Å². The number of ether oxygens (including phenoxy) is 1. The van der Waals surface area contributed by atoms with Crippen LogP contribution in [0.25, 0.3) is 0 Å². The third kappa shape index (κ3) is 3.71. The fraction of sp³-hybridized carbons (Fsp3) is 0.235. The van der Waals surface area contributed by atoms with Crippen molar-refractivity contribution < 1.29 is 13.9 Å². The van der Waals surface area contributed by atoms with Gasteiger partial charge in [-0.2, -0.15) is 0 Å². The predicted molar refractivity (Wildman–Crippen MR) is 93.1 cm³/mol. The lowest BCUT2D eigenvalue weighted by molar-refractivity contribution is 0.0482. The van der Waals surface area contributed by atoms with Gasteiger partial charge in [0.2, 0.25) is 0 Å². The molecule has 0 saturated carbocycles. The minimum absolute atomic E-state index is 0.0192. The normalized spacial score (nSPS) is 19.7. The van der Waals surface area contributed by atoms with Crippen LogP contribution in [0.2, 0.25) is 5.15 Å². The van der Waals surface area contributed by atoms with Crippen LogP contribution in [0.4, 0.5) is 10.1 Å². The first-order valence-electron chi connectivity index (χ1n) is 7.60. The van der Waals surface area contributed by atoms with E-state index in [1.165, 1.54) is 24.3 Å². The van der Waals surface area contributed by atoms with Crippen LogP contribution in [0.5, 0.6) is 0 Å². The van der Waals surface area contributed by atoms with Gasteiger partial charge in [-0.05, 0) is 37.3 Å². The molecule has 0 bridgehead atoms. The molecule has 25 heavy (non-hydrogen) atoms. The molecule has 6 nitrogen and oxygen atoms in total. The molecule has 0 spiro atoms. The number of carbonyl (C=O) groups is 1. The van der Waals surface area contributed by atoms with Crippen molar-refractivity contribution >= 4 is 29.2 Å². The molecule has 0 fully saturated rings. The van der Waals surface area contributed by atoms with Gasteiger partial charge in [-0.1, -0.05) is 17.7 Å². The Morgan fingerprint density at radius 2 is 2.20 bits per heavy atom. The second-order valence-corrected chi connectivity index (χ2v) is 6.18. The zero-order valence-corrected chi connectivity index (χ0v) is 14.2. The minimum Gasteiger partial charge on any atom is -0.454 e. The largest absolute Gasteiger partial charge is 0.454 e. The van der Waals surface area contributed by atoms with Crippen LogP contribution in [-0.4, -0.2) is 23.5 Å². The standard InChI is InChI=1S/C17H16ClFN4O2/c1-17(7-8-21-16(20)25-17)11-9-10(5-6-12(11)19)22-15(24)13-3-2-4-14(18)23-13/h2-6,9H,7-8H2,1H3,(H2,20,21)(H,22,24)/t17-/m0/s1. The van der Waals surface area contributed by atoms with E-state index in [1.54, 1.807) is 19.1 Å². The lowest BCUT2D eigenvalue weighted by atomic mass is 9.90. The molecule has 3 rings (SSSR count). The second-order valence-electron chi connectivity index (χ2n) is 5.80. The lowest BCUT2D eigenvalue weighted by Crippen LogP contribution is -2.38. The number of amides is 1. The molecular weight excluding hydrogens is 347 g/mol. The van der Waals surface area contributed by atoms with Gasteiger partial charge in [-0.25, -0.2) is 14.4 Å². The van der Waals surface area contributed by atoms with Crippen molar-refractivity contribution in [2.75, 3.05) is 11.9 Å². The van der Waals surface area contributed by atoms with E-state index in [0.717, 1.165) is 0 Å². The molecule has 1 aliphatic rings. The van der Waals surface area contributed by atoms with Crippen molar-refractivity contribution in [2.24, 2.45) is 10.7 Å². The number of carbonyl (C=O) groups excluding carboxylic acids is 1. The fourth-order valence-corrected chi connectivity index (χ4v) is 2.79. The number of aliphatic imine (C=N–C) groups is 1. The van der Waals surface area contributed by atoms with Crippen LogP contribution in [0.15, 0.2) is 41.4 Å². The summed E-state index contributed by atoms with van der Waals surface area (Å²) < 4.78 is 19.9. The number of hydrogen-bond donors (Lipinski definition) is 2. The Hall–Kier alpha value is -2.67. The quantitative estimate of drug-likeness (QED) is 0.821. The van der Waals surface area contributed by atoms with E-state index >= 15 is 0 Å². The van der Waals surface area contributed by atoms with Crippen molar-refractivity contribution in [1.29, 1.82) is 0 Å². The van der Waals surface area contributed by atoms with Gasteiger partial charge in [0.15, 0.2) is 0 Å². The number of nitrogens with zero attached hydrogens (tertiary/aromatic N) is 2. The average Bonchev–Trinajstić information content (AvgIpc) is 2.56. The first-order chi connectivity index (χ1) is 11.9. The molecule has 1 aromatic heterocycles. The Kier molecular flexibility index (Phi) is 4.59. The van der Waals surface area contributed by atoms with Gasteiger partial charge in [0.05, 0.1) is 0 Å². The Morgan fingerprint density at radius 1 is 1.40 bits per heavy atom. The Morgan fingerprint density at radius 3 is 2.92 bits per heavy atom. The number of anilines is 1. The maximum Gasteiger partial charge on any atom is 0.282 e. The average molecular weight is 363 g/mol. The fourth-order valence-electron chi connectivity index (χ4n) is 2.62. The van der Waals surface area contributed by atoms with Crippen molar-refractivity contribution in [3.05, 3.63) is 58.6 Å². The number of aromatic nitrogens is 1. The summed E-state index contributed by atoms with van der Waals surface area (Å²) in [5.41, 5.74) is 5.53. The molecule has 2 aromatic rings. The van der Waals surface area contributed by atoms with Crippen molar-refractivity contribution in [3.8, 4) is 0 Å². The molecule has 130 valence electrons. The van der Waals surface area contributed by atoms with E-state index in [1.807, 2.05) is 0 Å². The summed E-state index contributed by atoms with van der Waals surface area (Å²) >= 11 is 5.79. The van der Waals surface area contributed by atoms with E-state index < -0.39 is 17.3 Å². The first kappa shape index (κ1) is 17.2. The smallest absolute Gasteiger partial charge is 0.282 e. The highest BCUT2D eigenvalue weighted by Gasteiger charge is 2.35. The summed E-state index contributed by atoms with van der Waals surface area (Å²) in [5, 5.41) is 2.89. The van der Waals surface area contributed by atoms with Gasteiger partial charge in [0.1, 0.15) is 22.3 Å². The molecule has 1 amide bonds. The Balaban J connectivity index is 1.87. The van der Waals surface area contributed by atoms with E-state index in [0.29, 0.717) is 24.2 Å². The highest BCUT2D eigenvalue weighted by Crippen LogP contribution is 2.34. The van der Waals surface area contributed by atoms with E-state index in [-0.39, 0.29) is 16.9 Å². The molecule has 0 aliphatic carbocycles. The topological polar surface area (TPSA) is 89.6 Å². The third-order valence-electron chi connectivity index (χ3n) is 3.93. The van der Waals surface area contributed by atoms with Crippen LogP contribution >= 0.6 is 11.6 Å². The van der Waals surface area contributed by atoms with E-state index in [2.05, 4.69) is 15.3 Å². The molecule has 1 atom stereocenters. The summed E-state index contributed by atoms with van der Waals surface area (Å²) in [7, 11) is 0. The first-order valence-corrected chi connectivity index (χ1v) is 7.98. The monoisotopic (exact) mass is 362 g/mol. The van der Waals surface area contributed by atoms with Crippen molar-refractivity contribution in [2.45, 2.75) is 18.9 Å². The van der Waals surface area contributed by atoms with Gasteiger partial charge in [-0.15, -0.1) is 0 Å². The Bertz CT molecular complexity index is 858. The number of pyridine rings is 1. The summed E-state index contributed by atoms with van der Waals surface area (Å²) in [4.78, 5) is 20.2. The molecule has 1 aromatic carbocycles. The minimum atomic E-state index is -0.953. The molecule has 2 heterocycles. The van der Waals surface area contributed by atoms with Crippen LogP contribution in [0.1, 0.15) is 29.4 Å². The number of nitrogens with two attached hydrogens (primary N) is 1. The Labute approximate surface area is 148 Å². The van der Waals surface area contributed by atoms with E-state index in [9.17, 15) is 9.18 Å². The lowest BCUT2D eigenvalue weighted by Gasteiger charge is -2.33. The van der Waals surface area contributed by atoms with Gasteiger partial charge in [0.25, 0.3) is 11.9 Å². The molecular formula is C17H16ClFN4O2. The molecule has 0 unspecified atom stereocenters. The van der Waals surface area contributed by atoms with Crippen LogP contribution < -0.4 is 11.1 Å². The van der Waals surface area contributed by atoms with Gasteiger partial charge in [0, 0.05) is 24.2 Å². The molecule has 1 aliphatic heterocycles. The second kappa shape index (κ2) is 6.68. The van der Waals surface area contributed by atoms with Crippen LogP contribution in [-0.2, 0) is 10.3 Å². The predicted octanol–water partition coefficient (Wildman–Crippen LogP) is 3.08. The highest BCUT2D eigenvalue weighted by atomic mass is 35.5. The zero-order chi connectivity index (χ0) is 18.0. The molecule has 0 saturated heterocycles. The van der Waals surface area contributed by atoms with Crippen molar-refractivity contribution in [1.82, 2.24) is 4.98 Å². The van der Waals surface area contributed by atoms with Crippen LogP contribution in [0.3, 0.4) is 0 Å². The molecule has 3 N–H and O–H groups in total. The zero-order valence-electron chi connectivity index (χ0n) is 13.4. The van der Waals surface area contributed by atoms with Crippen molar-refractivity contribution in [3.63, 3.8) is 0 Å². The summed E-state index contributed by atoms with van der Waals surface area (Å²) in [6.07, 6.45) is 0.470. The van der Waals surface area contributed by atoms with Gasteiger partial charge < -0.3 is 15.8 Å². The van der Waals surface area contributed by atoms with Gasteiger partial charge >= 0.3 is 0 Å². The third-order valence-corrected chi connectivity index (χ3v) is 4.14. The number of nitrogens with one attached hydrogen (secondary N) is 1. The summed E-state index contributed by atoms with van der Waals surface area (Å²) in [6, 6.07) is 9.01. The SMILES string of the molecule is C[C@@]1(c2cc(NC(=O)c3cccc(Cl)n3)ccc2F)CCN=C(N)O1. The number of amidine groups is 1. The maximum atomic E-state index is 14.3. The number of halogens is 2. The van der Waals surface area contributed by atoms with Gasteiger partial charge in [-0.3, -0.25) is 4.79 Å². The number of hydrogen-bond acceptors (Lipinski definition) is 5. The maximum absolute atomic E-state index is 14.3. The summed E-state index contributed by atoms with van der Waals surface area (Å²) in [5.74, 6) is -0.896. The number of rotatable bonds is 3. The summed E-state index contributed by atoms with van der Waals surface area (Å²) in [6.45, 7) is 2.17.